The second kappa shape index (κ2) is 10.1. The van der Waals surface area contributed by atoms with Crippen molar-refractivity contribution >= 4 is 41.5 Å². The quantitative estimate of drug-likeness (QED) is 0.226. The number of hydrogen-bond acceptors (Lipinski definition) is 6. The van der Waals surface area contributed by atoms with Gasteiger partial charge in [-0.1, -0.05) is 19.1 Å². The van der Waals surface area contributed by atoms with E-state index in [9.17, 15) is 22.7 Å². The number of rotatable bonds is 9. The van der Waals surface area contributed by atoms with Crippen LogP contribution in [-0.2, 0) is 11.7 Å². The van der Waals surface area contributed by atoms with E-state index in [2.05, 4.69) is 5.32 Å². The van der Waals surface area contributed by atoms with E-state index in [-0.39, 0.29) is 5.69 Å². The van der Waals surface area contributed by atoms with Crippen LogP contribution < -0.4 is 9.03 Å². The smallest absolute Gasteiger partial charge is 0.391 e. The Kier molecular flexibility index (Phi) is 8.29. The lowest BCUT2D eigenvalue weighted by Crippen LogP contribution is -2.45. The lowest BCUT2D eigenvalue weighted by Gasteiger charge is -2.39. The molecule has 4 nitrogen and oxygen atoms in total. The van der Waals surface area contributed by atoms with Crippen molar-refractivity contribution in [2.24, 2.45) is 0 Å². The Hall–Kier alpha value is -1.91. The first-order chi connectivity index (χ1) is 14.5. The van der Waals surface area contributed by atoms with Crippen molar-refractivity contribution in [2.45, 2.75) is 38.1 Å². The van der Waals surface area contributed by atoms with Gasteiger partial charge in [-0.05, 0) is 67.1 Å². The van der Waals surface area contributed by atoms with Crippen molar-refractivity contribution in [3.8, 4) is 0 Å². The molecule has 2 aromatic rings. The molecule has 0 saturated carbocycles. The zero-order valence-electron chi connectivity index (χ0n) is 17.5. The third kappa shape index (κ3) is 5.30. The second-order valence-corrected chi connectivity index (χ2v) is 8.55. The SMILES string of the molecule is CCC(Nc1cc(F)cc(N(SC)SC)c1C=N)(c1ccc(C(F)(F)F)cc1)C(C)O. The molecule has 31 heavy (non-hydrogen) atoms. The van der Waals surface area contributed by atoms with Crippen LogP contribution in [0, 0.1) is 11.2 Å². The fourth-order valence-corrected chi connectivity index (χ4v) is 4.78. The van der Waals surface area contributed by atoms with Gasteiger partial charge in [0.05, 0.1) is 22.9 Å². The first-order valence-electron chi connectivity index (χ1n) is 9.40. The van der Waals surface area contributed by atoms with Gasteiger partial charge in [0, 0.05) is 30.0 Å². The molecule has 2 rings (SSSR count). The predicted octanol–water partition coefficient (Wildman–Crippen LogP) is 6.30. The third-order valence-electron chi connectivity index (χ3n) is 5.15. The minimum atomic E-state index is -4.48. The maximum Gasteiger partial charge on any atom is 0.416 e. The monoisotopic (exact) mass is 475 g/mol. The van der Waals surface area contributed by atoms with Crippen molar-refractivity contribution in [3.63, 3.8) is 0 Å². The zero-order valence-corrected chi connectivity index (χ0v) is 19.2. The molecule has 2 unspecified atom stereocenters. The summed E-state index contributed by atoms with van der Waals surface area (Å²) < 4.78 is 55.2. The largest absolute Gasteiger partial charge is 0.416 e. The molecule has 0 radical (unpaired) electrons. The first-order valence-corrected chi connectivity index (χ1v) is 11.8. The summed E-state index contributed by atoms with van der Waals surface area (Å²) in [5, 5.41) is 21.7. The van der Waals surface area contributed by atoms with Crippen LogP contribution in [0.3, 0.4) is 0 Å². The van der Waals surface area contributed by atoms with Crippen LogP contribution in [0.25, 0.3) is 0 Å². The number of halogens is 4. The normalized spacial score (nSPS) is 14.6. The van der Waals surface area contributed by atoms with E-state index in [1.54, 1.807) is 10.6 Å². The van der Waals surface area contributed by atoms with Gasteiger partial charge >= 0.3 is 6.18 Å². The summed E-state index contributed by atoms with van der Waals surface area (Å²) in [6, 6.07) is 7.08. The molecule has 170 valence electrons. The molecule has 2 atom stereocenters. The van der Waals surface area contributed by atoms with Crippen molar-refractivity contribution in [1.82, 2.24) is 0 Å². The molecule has 0 bridgehead atoms. The van der Waals surface area contributed by atoms with Crippen molar-refractivity contribution < 1.29 is 22.7 Å². The minimum Gasteiger partial charge on any atom is -0.391 e. The van der Waals surface area contributed by atoms with Gasteiger partial charge in [-0.2, -0.15) is 13.2 Å². The highest BCUT2D eigenvalue weighted by Crippen LogP contribution is 2.40. The molecular formula is C21H25F4N3OS2. The summed E-state index contributed by atoms with van der Waals surface area (Å²) in [6.45, 7) is 3.30. The standard InChI is InChI=1S/C21H25F4N3OS2/c1-5-20(13(2)29,14-6-8-15(9-7-14)21(23,24)25)27-18-10-16(22)11-19(17(18)12-26)28(30-3)31-4/h6-13,26-27,29H,5H2,1-4H3. The Morgan fingerprint density at radius 3 is 2.10 bits per heavy atom. The minimum absolute atomic E-state index is 0.265. The maximum absolute atomic E-state index is 14.5. The molecule has 0 aliphatic rings. The lowest BCUT2D eigenvalue weighted by atomic mass is 9.81. The van der Waals surface area contributed by atoms with E-state index in [0.29, 0.717) is 23.2 Å². The third-order valence-corrected chi connectivity index (χ3v) is 7.10. The van der Waals surface area contributed by atoms with E-state index < -0.39 is 29.2 Å². The fraction of sp³-hybridized carbons (Fsp3) is 0.381. The fourth-order valence-electron chi connectivity index (χ4n) is 3.48. The molecule has 0 aliphatic carbocycles. The zero-order chi connectivity index (χ0) is 23.4. The van der Waals surface area contributed by atoms with Crippen LogP contribution >= 0.6 is 23.9 Å². The number of nitrogens with zero attached hydrogens (tertiary/aromatic N) is 1. The predicted molar refractivity (Wildman–Crippen MR) is 123 cm³/mol. The average molecular weight is 476 g/mol. The Morgan fingerprint density at radius 1 is 1.13 bits per heavy atom. The molecule has 0 aromatic heterocycles. The highest BCUT2D eigenvalue weighted by Gasteiger charge is 2.38. The molecule has 0 heterocycles. The Labute approximate surface area is 188 Å². The summed E-state index contributed by atoms with van der Waals surface area (Å²) >= 11 is 2.69. The Bertz CT molecular complexity index is 903. The Balaban J connectivity index is 2.63. The second-order valence-electron chi connectivity index (χ2n) is 6.85. The molecule has 0 saturated heterocycles. The molecule has 0 amide bonds. The molecule has 10 heteroatoms. The first kappa shape index (κ1) is 25.4. The van der Waals surface area contributed by atoms with Gasteiger partial charge in [-0.15, -0.1) is 0 Å². The van der Waals surface area contributed by atoms with Crippen LogP contribution in [0.4, 0.5) is 28.9 Å². The number of alkyl halides is 3. The average Bonchev–Trinajstić information content (AvgIpc) is 2.72. The topological polar surface area (TPSA) is 59.4 Å². The van der Waals surface area contributed by atoms with Crippen LogP contribution in [0.15, 0.2) is 36.4 Å². The number of nitrogens with one attached hydrogen (secondary N) is 2. The number of hydrogen-bond donors (Lipinski definition) is 3. The maximum atomic E-state index is 14.5. The summed E-state index contributed by atoms with van der Waals surface area (Å²) in [5.74, 6) is -0.542. The van der Waals surface area contributed by atoms with Gasteiger partial charge in [-0.3, -0.25) is 3.71 Å². The molecule has 0 fully saturated rings. The molecule has 3 N–H and O–H groups in total. The molecule has 0 aliphatic heterocycles. The number of anilines is 2. The van der Waals surface area contributed by atoms with Crippen LogP contribution in [0.1, 0.15) is 37.0 Å². The summed E-state index contributed by atoms with van der Waals surface area (Å²) in [4.78, 5) is 0. The van der Waals surface area contributed by atoms with Crippen LogP contribution in [0.2, 0.25) is 0 Å². The van der Waals surface area contributed by atoms with Gasteiger partial charge in [0.25, 0.3) is 0 Å². The van der Waals surface area contributed by atoms with Crippen LogP contribution in [0.5, 0.6) is 0 Å². The Morgan fingerprint density at radius 2 is 1.68 bits per heavy atom. The molecule has 2 aromatic carbocycles. The molecular weight excluding hydrogens is 450 g/mol. The van der Waals surface area contributed by atoms with Gasteiger partial charge in [0.2, 0.25) is 0 Å². The van der Waals surface area contributed by atoms with Gasteiger partial charge in [0.15, 0.2) is 0 Å². The van der Waals surface area contributed by atoms with E-state index in [1.807, 2.05) is 12.5 Å². The van der Waals surface area contributed by atoms with E-state index >= 15 is 0 Å². The van der Waals surface area contributed by atoms with Crippen molar-refractivity contribution in [2.75, 3.05) is 21.5 Å². The summed E-state index contributed by atoms with van der Waals surface area (Å²) in [7, 11) is 0. The van der Waals surface area contributed by atoms with E-state index in [4.69, 9.17) is 5.41 Å². The van der Waals surface area contributed by atoms with Gasteiger partial charge in [0.1, 0.15) is 5.82 Å². The van der Waals surface area contributed by atoms with E-state index in [0.717, 1.165) is 18.3 Å². The number of aliphatic hydroxyl groups is 1. The lowest BCUT2D eigenvalue weighted by molar-refractivity contribution is -0.137. The molecule has 0 spiro atoms. The van der Waals surface area contributed by atoms with Gasteiger partial charge < -0.3 is 15.8 Å². The van der Waals surface area contributed by atoms with Crippen LogP contribution in [-0.4, -0.2) is 29.9 Å². The highest BCUT2D eigenvalue weighted by atomic mass is 32.2. The number of aliphatic hydroxyl groups excluding tert-OH is 1. The summed E-state index contributed by atoms with van der Waals surface area (Å²) in [6.07, 6.45) is -0.487. The van der Waals surface area contributed by atoms with Crippen molar-refractivity contribution in [1.29, 1.82) is 5.41 Å². The summed E-state index contributed by atoms with van der Waals surface area (Å²) in [5.41, 5.74) is -0.449. The van der Waals surface area contributed by atoms with E-state index in [1.165, 1.54) is 55.1 Å². The van der Waals surface area contributed by atoms with Crippen molar-refractivity contribution in [3.05, 3.63) is 58.9 Å². The number of benzene rings is 2. The van der Waals surface area contributed by atoms with Gasteiger partial charge in [-0.25, -0.2) is 4.39 Å². The highest BCUT2D eigenvalue weighted by molar-refractivity contribution is 8.17.